The maximum absolute atomic E-state index is 14.1. The van der Waals surface area contributed by atoms with Gasteiger partial charge in [-0.25, -0.2) is 23.8 Å². The number of rotatable bonds is 9. The van der Waals surface area contributed by atoms with Crippen molar-refractivity contribution in [1.29, 1.82) is 0 Å². The van der Waals surface area contributed by atoms with Crippen molar-refractivity contribution in [2.45, 2.75) is 32.2 Å². The maximum atomic E-state index is 14.1. The Balaban J connectivity index is 1.24. The molecule has 1 aliphatic rings. The van der Waals surface area contributed by atoms with Crippen LogP contribution in [0.25, 0.3) is 22.3 Å². The molecule has 5 aromatic rings. The topological polar surface area (TPSA) is 110 Å². The number of hydrogen-bond acceptors (Lipinski definition) is 8. The van der Waals surface area contributed by atoms with Crippen molar-refractivity contribution >= 4 is 28.6 Å². The van der Waals surface area contributed by atoms with Gasteiger partial charge in [-0.3, -0.25) is 4.79 Å². The number of fused-ring (bicyclic) bond motifs is 1. The second-order valence-corrected chi connectivity index (χ2v) is 10.2. The van der Waals surface area contributed by atoms with Gasteiger partial charge in [-0.15, -0.1) is 0 Å². The van der Waals surface area contributed by atoms with E-state index in [1.807, 2.05) is 4.57 Å². The minimum Gasteiger partial charge on any atom is -0.473 e. The molecule has 3 aromatic heterocycles. The Morgan fingerprint density at radius 1 is 1.14 bits per heavy atom. The Bertz CT molecular complexity index is 1850. The minimum absolute atomic E-state index is 0.0201. The van der Waals surface area contributed by atoms with Crippen molar-refractivity contribution in [2.75, 3.05) is 13.7 Å². The molecule has 0 aliphatic carbocycles. The molecule has 0 bridgehead atoms. The zero-order chi connectivity index (χ0) is 29.2. The van der Waals surface area contributed by atoms with Crippen LogP contribution in [-0.2, 0) is 29.2 Å². The summed E-state index contributed by atoms with van der Waals surface area (Å²) in [5.41, 5.74) is 2.80. The largest absolute Gasteiger partial charge is 0.473 e. The number of hydrogen-bond donors (Lipinski definition) is 0. The number of carbonyl (C=O) groups excluding carboxylic acids is 1. The highest BCUT2D eigenvalue weighted by Gasteiger charge is 2.23. The number of carbonyl (C=O) groups is 1. The van der Waals surface area contributed by atoms with E-state index in [1.165, 1.54) is 23.9 Å². The van der Waals surface area contributed by atoms with E-state index in [2.05, 4.69) is 10.1 Å². The van der Waals surface area contributed by atoms with Gasteiger partial charge in [-0.1, -0.05) is 23.7 Å². The summed E-state index contributed by atoms with van der Waals surface area (Å²) in [6, 6.07) is 16.1. The van der Waals surface area contributed by atoms with Crippen LogP contribution in [-0.4, -0.2) is 50.1 Å². The average molecular weight is 590 g/mol. The minimum atomic E-state index is -0.468. The van der Waals surface area contributed by atoms with Gasteiger partial charge in [0.25, 0.3) is 5.56 Å². The van der Waals surface area contributed by atoms with Crippen LogP contribution < -0.4 is 10.3 Å². The molecule has 2 aromatic carbocycles. The molecule has 0 N–H and O–H groups in total. The highest BCUT2D eigenvalue weighted by Crippen LogP contribution is 2.24. The molecule has 1 unspecified atom stereocenters. The molecule has 12 heteroatoms. The van der Waals surface area contributed by atoms with Gasteiger partial charge in [-0.05, 0) is 42.8 Å². The molecule has 1 saturated heterocycles. The monoisotopic (exact) mass is 589 g/mol. The van der Waals surface area contributed by atoms with Gasteiger partial charge in [0.15, 0.2) is 0 Å². The number of aromatic nitrogens is 5. The number of ether oxygens (including phenoxy) is 3. The summed E-state index contributed by atoms with van der Waals surface area (Å²) >= 11 is 5.82. The second-order valence-electron chi connectivity index (χ2n) is 9.74. The molecule has 0 radical (unpaired) electrons. The lowest BCUT2D eigenvalue weighted by atomic mass is 10.1. The molecule has 1 atom stereocenters. The summed E-state index contributed by atoms with van der Waals surface area (Å²) in [5.74, 6) is -0.0407. The number of halogens is 2. The molecule has 10 nitrogen and oxygen atoms in total. The summed E-state index contributed by atoms with van der Waals surface area (Å²) in [5, 5.41) is 4.68. The Morgan fingerprint density at radius 3 is 2.74 bits per heavy atom. The van der Waals surface area contributed by atoms with Gasteiger partial charge in [0, 0.05) is 34.9 Å². The zero-order valence-electron chi connectivity index (χ0n) is 22.5. The predicted molar refractivity (Wildman–Crippen MR) is 152 cm³/mol. The van der Waals surface area contributed by atoms with Gasteiger partial charge < -0.3 is 18.8 Å². The lowest BCUT2D eigenvalue weighted by Gasteiger charge is -2.27. The maximum Gasteiger partial charge on any atom is 0.337 e. The third kappa shape index (κ3) is 5.74. The average Bonchev–Trinajstić information content (AvgIpc) is 3.31. The fourth-order valence-corrected chi connectivity index (χ4v) is 4.81. The fourth-order valence-electron chi connectivity index (χ4n) is 4.65. The Labute approximate surface area is 244 Å². The first-order valence-electron chi connectivity index (χ1n) is 13.2. The van der Waals surface area contributed by atoms with Crippen LogP contribution >= 0.6 is 11.6 Å². The third-order valence-corrected chi connectivity index (χ3v) is 7.23. The standard InChI is InChI=1S/C30H25ClFN5O5/c1-40-30(39)18-6-8-25-26(11-18)36(15-22-9-10-41-22)27(34-25)16-37-29(38)12-20(14-33-37)24-3-2-4-28(35-24)42-17-19-5-7-21(31)13-23(19)32/h2-8,11-14,22H,9-10,15-17H2,1H3. The van der Waals surface area contributed by atoms with E-state index in [1.54, 1.807) is 54.7 Å². The van der Waals surface area contributed by atoms with Gasteiger partial charge >= 0.3 is 5.97 Å². The number of benzene rings is 2. The van der Waals surface area contributed by atoms with E-state index >= 15 is 0 Å². The van der Waals surface area contributed by atoms with Gasteiger partial charge in [0.2, 0.25) is 5.88 Å². The van der Waals surface area contributed by atoms with Crippen LogP contribution in [0.4, 0.5) is 4.39 Å². The second kappa shape index (κ2) is 11.7. The van der Waals surface area contributed by atoms with Crippen molar-refractivity contribution in [1.82, 2.24) is 24.3 Å². The lowest BCUT2D eigenvalue weighted by molar-refractivity contribution is -0.0590. The SMILES string of the molecule is COC(=O)c1ccc2nc(Cn3ncc(-c4cccc(OCc5ccc(Cl)cc5F)n4)cc3=O)n(CC3CCO3)c2c1. The summed E-state index contributed by atoms with van der Waals surface area (Å²) in [4.78, 5) is 34.5. The number of methoxy groups -OCH3 is 1. The van der Waals surface area contributed by atoms with E-state index in [0.29, 0.717) is 51.9 Å². The normalized spacial score (nSPS) is 14.5. The van der Waals surface area contributed by atoms with Crippen molar-refractivity contribution in [3.63, 3.8) is 0 Å². The smallest absolute Gasteiger partial charge is 0.337 e. The van der Waals surface area contributed by atoms with Crippen molar-refractivity contribution in [3.8, 4) is 17.1 Å². The molecule has 214 valence electrons. The van der Waals surface area contributed by atoms with Crippen molar-refractivity contribution in [3.05, 3.63) is 105 Å². The molecule has 42 heavy (non-hydrogen) atoms. The molecule has 1 aliphatic heterocycles. The van der Waals surface area contributed by atoms with Gasteiger partial charge in [-0.2, -0.15) is 5.10 Å². The van der Waals surface area contributed by atoms with E-state index in [-0.39, 0.29) is 30.7 Å². The predicted octanol–water partition coefficient (Wildman–Crippen LogP) is 4.65. The van der Waals surface area contributed by atoms with Crippen molar-refractivity contribution < 1.29 is 23.4 Å². The van der Waals surface area contributed by atoms with E-state index < -0.39 is 11.8 Å². The van der Waals surface area contributed by atoms with E-state index in [9.17, 15) is 14.0 Å². The number of pyridine rings is 1. The molecular weight excluding hydrogens is 565 g/mol. The molecular formula is C30H25ClFN5O5. The number of esters is 1. The highest BCUT2D eigenvalue weighted by molar-refractivity contribution is 6.30. The van der Waals surface area contributed by atoms with Crippen LogP contribution in [0.1, 0.15) is 28.2 Å². The van der Waals surface area contributed by atoms with E-state index in [0.717, 1.165) is 11.9 Å². The van der Waals surface area contributed by atoms with Crippen molar-refractivity contribution in [2.24, 2.45) is 0 Å². The molecule has 1 fully saturated rings. The summed E-state index contributed by atoms with van der Waals surface area (Å²) in [7, 11) is 1.33. The summed E-state index contributed by atoms with van der Waals surface area (Å²) < 4.78 is 33.6. The molecule has 0 amide bonds. The summed E-state index contributed by atoms with van der Waals surface area (Å²) in [6.07, 6.45) is 2.48. The number of imidazole rings is 1. The van der Waals surface area contributed by atoms with Crippen LogP contribution in [0.15, 0.2) is 71.7 Å². The number of nitrogens with zero attached hydrogens (tertiary/aromatic N) is 5. The first-order valence-corrected chi connectivity index (χ1v) is 13.6. The first kappa shape index (κ1) is 27.6. The van der Waals surface area contributed by atoms with Crippen LogP contribution in [0.2, 0.25) is 5.02 Å². The van der Waals surface area contributed by atoms with Crippen LogP contribution in [0, 0.1) is 5.82 Å². The Kier molecular flexibility index (Phi) is 7.68. The quantitative estimate of drug-likeness (QED) is 0.229. The summed E-state index contributed by atoms with van der Waals surface area (Å²) in [6.45, 7) is 1.30. The van der Waals surface area contributed by atoms with Gasteiger partial charge in [0.05, 0.1) is 48.2 Å². The fraction of sp³-hybridized carbons (Fsp3) is 0.233. The van der Waals surface area contributed by atoms with Crippen LogP contribution in [0.5, 0.6) is 5.88 Å². The zero-order valence-corrected chi connectivity index (χ0v) is 23.3. The van der Waals surface area contributed by atoms with E-state index in [4.69, 9.17) is 30.8 Å². The first-order chi connectivity index (χ1) is 20.4. The lowest BCUT2D eigenvalue weighted by Crippen LogP contribution is -2.32. The Morgan fingerprint density at radius 2 is 2.00 bits per heavy atom. The molecule has 6 rings (SSSR count). The molecule has 0 spiro atoms. The molecule has 4 heterocycles. The van der Waals surface area contributed by atoms with Crippen LogP contribution in [0.3, 0.4) is 0 Å². The van der Waals surface area contributed by atoms with Gasteiger partial charge in [0.1, 0.15) is 24.8 Å². The Hall–Kier alpha value is -4.61. The highest BCUT2D eigenvalue weighted by atomic mass is 35.5. The molecule has 0 saturated carbocycles. The third-order valence-electron chi connectivity index (χ3n) is 7.00.